The van der Waals surface area contributed by atoms with Crippen LogP contribution in [-0.4, -0.2) is 28.4 Å². The summed E-state index contributed by atoms with van der Waals surface area (Å²) in [6.45, 7) is 3.72. The van der Waals surface area contributed by atoms with Gasteiger partial charge >= 0.3 is 12.0 Å². The summed E-state index contributed by atoms with van der Waals surface area (Å²) in [4.78, 5) is 25.6. The molecule has 1 unspecified atom stereocenters. The van der Waals surface area contributed by atoms with Gasteiger partial charge in [-0.15, -0.1) is 0 Å². The molecule has 2 heterocycles. The van der Waals surface area contributed by atoms with Gasteiger partial charge in [0.05, 0.1) is 35.3 Å². The molecule has 31 heavy (non-hydrogen) atoms. The van der Waals surface area contributed by atoms with Crippen LogP contribution in [0.5, 0.6) is 0 Å². The highest BCUT2D eigenvalue weighted by atomic mass is 35.5. The number of nitrogens with one attached hydrogen (secondary N) is 2. The molecular weight excluding hydrogens is 416 g/mol. The largest absolute Gasteiger partial charge is 0.463 e. The second kappa shape index (κ2) is 8.65. The standard InChI is InChI=1S/C23H21ClN4O3/c1-3-31-22(29)18-19(15-10-6-4-7-11-15)25-23(30)26-20(18)17-14(2)27-28(21(17)24)16-12-8-5-9-13-16/h4-13,20H,3H2,1-2H3,(H2,25,26,30). The summed E-state index contributed by atoms with van der Waals surface area (Å²) in [5, 5.41) is 10.4. The zero-order valence-corrected chi connectivity index (χ0v) is 17.8. The number of nitrogens with zero attached hydrogens (tertiary/aromatic N) is 2. The number of halogens is 1. The highest BCUT2D eigenvalue weighted by Gasteiger charge is 2.37. The van der Waals surface area contributed by atoms with Gasteiger partial charge in [0, 0.05) is 5.56 Å². The number of esters is 1. The topological polar surface area (TPSA) is 85.2 Å². The number of amides is 2. The van der Waals surface area contributed by atoms with Gasteiger partial charge < -0.3 is 15.4 Å². The minimum atomic E-state index is -0.826. The number of urea groups is 1. The molecule has 8 heteroatoms. The zero-order valence-electron chi connectivity index (χ0n) is 17.1. The van der Waals surface area contributed by atoms with Crippen LogP contribution in [0.1, 0.15) is 29.8 Å². The Hall–Kier alpha value is -3.58. The van der Waals surface area contributed by atoms with Crippen molar-refractivity contribution in [3.8, 4) is 5.69 Å². The zero-order chi connectivity index (χ0) is 22.0. The van der Waals surface area contributed by atoms with Crippen molar-refractivity contribution in [3.05, 3.63) is 88.2 Å². The first-order chi connectivity index (χ1) is 15.0. The van der Waals surface area contributed by atoms with Gasteiger partial charge in [-0.2, -0.15) is 5.10 Å². The minimum absolute atomic E-state index is 0.195. The number of para-hydroxylation sites is 1. The third-order valence-corrected chi connectivity index (χ3v) is 5.33. The lowest BCUT2D eigenvalue weighted by molar-refractivity contribution is -0.138. The van der Waals surface area contributed by atoms with Gasteiger partial charge in [-0.1, -0.05) is 60.1 Å². The van der Waals surface area contributed by atoms with E-state index in [0.29, 0.717) is 27.7 Å². The fourth-order valence-corrected chi connectivity index (χ4v) is 4.00. The van der Waals surface area contributed by atoms with E-state index >= 15 is 0 Å². The second-order valence-corrected chi connectivity index (χ2v) is 7.30. The monoisotopic (exact) mass is 436 g/mol. The Bertz CT molecular complexity index is 1160. The maximum atomic E-state index is 13.0. The maximum Gasteiger partial charge on any atom is 0.338 e. The molecule has 2 aromatic carbocycles. The summed E-state index contributed by atoms with van der Waals surface area (Å²) < 4.78 is 6.92. The number of aromatic nitrogens is 2. The predicted octanol–water partition coefficient (Wildman–Crippen LogP) is 4.16. The quantitative estimate of drug-likeness (QED) is 0.588. The molecule has 1 aromatic heterocycles. The van der Waals surface area contributed by atoms with Crippen LogP contribution in [-0.2, 0) is 9.53 Å². The van der Waals surface area contributed by atoms with E-state index in [1.165, 1.54) is 0 Å². The maximum absolute atomic E-state index is 13.0. The first kappa shape index (κ1) is 20.7. The average Bonchev–Trinajstić information content (AvgIpc) is 3.08. The number of ether oxygens (including phenoxy) is 1. The number of hydrogen-bond acceptors (Lipinski definition) is 4. The molecule has 4 rings (SSSR count). The molecule has 7 nitrogen and oxygen atoms in total. The number of hydrogen-bond donors (Lipinski definition) is 2. The molecule has 0 saturated heterocycles. The summed E-state index contributed by atoms with van der Waals surface area (Å²) in [6, 6.07) is 17.3. The Labute approximate surface area is 184 Å². The van der Waals surface area contributed by atoms with Crippen molar-refractivity contribution in [2.24, 2.45) is 0 Å². The fourth-order valence-electron chi connectivity index (χ4n) is 3.62. The predicted molar refractivity (Wildman–Crippen MR) is 118 cm³/mol. The van der Waals surface area contributed by atoms with E-state index in [9.17, 15) is 9.59 Å². The van der Waals surface area contributed by atoms with E-state index in [-0.39, 0.29) is 12.2 Å². The van der Waals surface area contributed by atoms with E-state index in [0.717, 1.165) is 5.69 Å². The molecule has 3 aromatic rings. The molecule has 158 valence electrons. The van der Waals surface area contributed by atoms with Gasteiger partial charge in [-0.3, -0.25) is 0 Å². The second-order valence-electron chi connectivity index (χ2n) is 6.94. The smallest absolute Gasteiger partial charge is 0.338 e. The molecule has 1 aliphatic heterocycles. The Morgan fingerprint density at radius 2 is 1.77 bits per heavy atom. The molecular formula is C23H21ClN4O3. The van der Waals surface area contributed by atoms with Crippen LogP contribution >= 0.6 is 11.6 Å². The summed E-state index contributed by atoms with van der Waals surface area (Å²) in [5.41, 5.74) is 3.25. The molecule has 1 aliphatic rings. The van der Waals surface area contributed by atoms with Gasteiger partial charge in [0.15, 0.2) is 0 Å². The molecule has 2 amide bonds. The first-order valence-corrected chi connectivity index (χ1v) is 10.2. The van der Waals surface area contributed by atoms with Crippen molar-refractivity contribution in [1.82, 2.24) is 20.4 Å². The van der Waals surface area contributed by atoms with Gasteiger partial charge in [0.1, 0.15) is 5.15 Å². The SMILES string of the molecule is CCOC(=O)C1=C(c2ccccc2)NC(=O)NC1c1c(C)nn(-c2ccccc2)c1Cl. The lowest BCUT2D eigenvalue weighted by Gasteiger charge is -2.29. The average molecular weight is 437 g/mol. The summed E-state index contributed by atoms with van der Waals surface area (Å²) >= 11 is 6.74. The number of benzene rings is 2. The molecule has 0 fully saturated rings. The number of carbonyl (C=O) groups excluding carboxylic acids is 2. The van der Waals surface area contributed by atoms with Crippen LogP contribution in [0, 0.1) is 6.92 Å². The van der Waals surface area contributed by atoms with Crippen LogP contribution in [0.4, 0.5) is 4.79 Å². The fraction of sp³-hybridized carbons (Fsp3) is 0.174. The summed E-state index contributed by atoms with van der Waals surface area (Å²) in [5.74, 6) is -0.540. The van der Waals surface area contributed by atoms with Crippen molar-refractivity contribution in [3.63, 3.8) is 0 Å². The van der Waals surface area contributed by atoms with Crippen molar-refractivity contribution in [1.29, 1.82) is 0 Å². The van der Waals surface area contributed by atoms with Crippen molar-refractivity contribution in [2.75, 3.05) is 6.61 Å². The summed E-state index contributed by atoms with van der Waals surface area (Å²) in [7, 11) is 0. The first-order valence-electron chi connectivity index (χ1n) is 9.86. The third-order valence-electron chi connectivity index (χ3n) is 4.97. The minimum Gasteiger partial charge on any atom is -0.463 e. The molecule has 0 spiro atoms. The van der Waals surface area contributed by atoms with Crippen molar-refractivity contribution < 1.29 is 14.3 Å². The molecule has 0 radical (unpaired) electrons. The van der Waals surface area contributed by atoms with E-state index in [1.807, 2.05) is 60.7 Å². The normalized spacial score (nSPS) is 16.0. The van der Waals surface area contributed by atoms with Crippen molar-refractivity contribution in [2.45, 2.75) is 19.9 Å². The van der Waals surface area contributed by atoms with Gasteiger partial charge in [-0.25, -0.2) is 14.3 Å². The van der Waals surface area contributed by atoms with E-state index < -0.39 is 18.0 Å². The molecule has 0 saturated carbocycles. The third kappa shape index (κ3) is 3.92. The van der Waals surface area contributed by atoms with Crippen LogP contribution in [0.15, 0.2) is 66.2 Å². The van der Waals surface area contributed by atoms with Crippen LogP contribution in [0.2, 0.25) is 5.15 Å². The van der Waals surface area contributed by atoms with Gasteiger partial charge in [0.2, 0.25) is 0 Å². The molecule has 0 aliphatic carbocycles. The Balaban J connectivity index is 1.91. The highest BCUT2D eigenvalue weighted by Crippen LogP contribution is 2.37. The van der Waals surface area contributed by atoms with Crippen molar-refractivity contribution >= 4 is 29.3 Å². The number of carbonyl (C=O) groups is 2. The van der Waals surface area contributed by atoms with E-state index in [2.05, 4.69) is 15.7 Å². The Kier molecular flexibility index (Phi) is 5.77. The molecule has 0 bridgehead atoms. The summed E-state index contributed by atoms with van der Waals surface area (Å²) in [6.07, 6.45) is 0. The van der Waals surface area contributed by atoms with Crippen LogP contribution in [0.3, 0.4) is 0 Å². The van der Waals surface area contributed by atoms with E-state index in [4.69, 9.17) is 16.3 Å². The van der Waals surface area contributed by atoms with Crippen LogP contribution in [0.25, 0.3) is 11.4 Å². The number of aryl methyl sites for hydroxylation is 1. The lowest BCUT2D eigenvalue weighted by Crippen LogP contribution is -2.45. The molecule has 2 N–H and O–H groups in total. The van der Waals surface area contributed by atoms with E-state index in [1.54, 1.807) is 18.5 Å². The number of rotatable bonds is 5. The van der Waals surface area contributed by atoms with Gasteiger partial charge in [0.25, 0.3) is 0 Å². The van der Waals surface area contributed by atoms with Crippen LogP contribution < -0.4 is 10.6 Å². The Morgan fingerprint density at radius 1 is 1.13 bits per heavy atom. The lowest BCUT2D eigenvalue weighted by atomic mass is 9.93. The van der Waals surface area contributed by atoms with Gasteiger partial charge in [-0.05, 0) is 31.5 Å². The Morgan fingerprint density at radius 3 is 2.42 bits per heavy atom. The molecule has 1 atom stereocenters. The highest BCUT2D eigenvalue weighted by molar-refractivity contribution is 6.31.